The molecule has 2 aromatic rings. The number of ether oxygens (including phenoxy) is 1. The third kappa shape index (κ3) is 8.95. The third-order valence-electron chi connectivity index (χ3n) is 5.08. The molecule has 0 saturated carbocycles. The van der Waals surface area contributed by atoms with Crippen LogP contribution in [0.3, 0.4) is 0 Å². The van der Waals surface area contributed by atoms with Gasteiger partial charge in [-0.25, -0.2) is 24.3 Å². The van der Waals surface area contributed by atoms with Crippen LogP contribution in [0, 0.1) is 0 Å². The molecule has 0 spiro atoms. The number of carboxylic acids is 1. The van der Waals surface area contributed by atoms with E-state index < -0.39 is 26.6 Å². The average Bonchev–Trinajstić information content (AvgIpc) is 2.94. The molecular weight excluding hydrogens is 572 g/mol. The molecule has 0 fully saturated rings. The molecule has 0 unspecified atom stereocenters. The van der Waals surface area contributed by atoms with Gasteiger partial charge in [0.15, 0.2) is 5.40 Å². The van der Waals surface area contributed by atoms with Gasteiger partial charge in [-0.3, -0.25) is 9.13 Å². The van der Waals surface area contributed by atoms with E-state index in [9.17, 15) is 19.0 Å². The SMILES string of the molecule is CCOOP(=O)(OOCC)C(CCNc1cccc2c(C(=O)O)c(OCC)ccc12)P(=O)(OOCC)OOCC. The van der Waals surface area contributed by atoms with Crippen molar-refractivity contribution in [2.75, 3.05) is 44.9 Å². The van der Waals surface area contributed by atoms with Crippen LogP contribution in [0.25, 0.3) is 10.8 Å². The van der Waals surface area contributed by atoms with Gasteiger partial charge in [0.1, 0.15) is 11.3 Å². The monoisotopic (exact) mass is 609 g/mol. The van der Waals surface area contributed by atoms with Crippen molar-refractivity contribution in [1.82, 2.24) is 0 Å². The van der Waals surface area contributed by atoms with Crippen LogP contribution in [-0.4, -0.2) is 56.1 Å². The van der Waals surface area contributed by atoms with Gasteiger partial charge < -0.3 is 15.2 Å². The van der Waals surface area contributed by atoms with Crippen LogP contribution in [0.4, 0.5) is 5.69 Å². The van der Waals surface area contributed by atoms with Crippen molar-refractivity contribution in [1.29, 1.82) is 0 Å². The first-order chi connectivity index (χ1) is 19.2. The lowest BCUT2D eigenvalue weighted by atomic mass is 10.0. The summed E-state index contributed by atoms with van der Waals surface area (Å²) in [6.07, 6.45) is -0.214. The van der Waals surface area contributed by atoms with E-state index >= 15 is 0 Å². The van der Waals surface area contributed by atoms with Crippen LogP contribution in [0.1, 0.15) is 51.4 Å². The maximum atomic E-state index is 13.8. The Kier molecular flexibility index (Phi) is 14.5. The highest BCUT2D eigenvalue weighted by atomic mass is 31.2. The van der Waals surface area contributed by atoms with Crippen molar-refractivity contribution in [3.63, 3.8) is 0 Å². The summed E-state index contributed by atoms with van der Waals surface area (Å²) >= 11 is 0. The van der Waals surface area contributed by atoms with E-state index in [0.717, 1.165) is 0 Å². The summed E-state index contributed by atoms with van der Waals surface area (Å²) in [7, 11) is -9.04. The Hall–Kier alpha value is -2.09. The number of carbonyl (C=O) groups is 1. The predicted molar refractivity (Wildman–Crippen MR) is 145 cm³/mol. The lowest BCUT2D eigenvalue weighted by Gasteiger charge is -2.28. The van der Waals surface area contributed by atoms with Gasteiger partial charge in [0.25, 0.3) is 0 Å². The highest BCUT2D eigenvalue weighted by Crippen LogP contribution is 2.71. The topological polar surface area (TPSA) is 167 Å². The average molecular weight is 610 g/mol. The minimum absolute atomic E-state index is 0.00329. The van der Waals surface area contributed by atoms with Crippen LogP contribution >= 0.6 is 15.2 Å². The Labute approximate surface area is 232 Å². The molecule has 0 saturated heterocycles. The van der Waals surface area contributed by atoms with E-state index in [4.69, 9.17) is 43.0 Å². The van der Waals surface area contributed by atoms with Gasteiger partial charge in [0.2, 0.25) is 0 Å². The molecule has 2 N–H and O–H groups in total. The van der Waals surface area contributed by atoms with Gasteiger partial charge >= 0.3 is 21.2 Å². The lowest BCUT2D eigenvalue weighted by molar-refractivity contribution is -0.272. The fourth-order valence-electron chi connectivity index (χ4n) is 3.54. The number of nitrogens with one attached hydrogen (secondary N) is 1. The van der Waals surface area contributed by atoms with Crippen molar-refractivity contribution in [2.24, 2.45) is 0 Å². The number of fused-ring (bicyclic) bond motifs is 1. The Bertz CT molecular complexity index is 1120. The molecule has 0 amide bonds. The second-order valence-corrected chi connectivity index (χ2v) is 12.2. The van der Waals surface area contributed by atoms with E-state index in [1.54, 1.807) is 65.0 Å². The molecule has 14 nitrogen and oxygen atoms in total. The van der Waals surface area contributed by atoms with Gasteiger partial charge in [-0.1, -0.05) is 12.1 Å². The minimum Gasteiger partial charge on any atom is -0.493 e. The van der Waals surface area contributed by atoms with E-state index in [0.29, 0.717) is 23.1 Å². The van der Waals surface area contributed by atoms with Crippen LogP contribution in [0.15, 0.2) is 30.3 Å². The Morgan fingerprint density at radius 2 is 1.30 bits per heavy atom. The zero-order valence-corrected chi connectivity index (χ0v) is 24.9. The highest BCUT2D eigenvalue weighted by molar-refractivity contribution is 7.72. The largest absolute Gasteiger partial charge is 0.493 e. The van der Waals surface area contributed by atoms with Crippen molar-refractivity contribution < 1.29 is 62.0 Å². The molecule has 226 valence electrons. The molecule has 0 aliphatic heterocycles. The van der Waals surface area contributed by atoms with Crippen LogP contribution in [0.5, 0.6) is 5.75 Å². The first-order valence-corrected chi connectivity index (χ1v) is 16.0. The summed E-state index contributed by atoms with van der Waals surface area (Å²) in [6, 6.07) is 8.35. The second-order valence-electron chi connectivity index (χ2n) is 7.78. The van der Waals surface area contributed by atoms with E-state index in [1.165, 1.54) is 0 Å². The Balaban J connectivity index is 2.46. The zero-order valence-electron chi connectivity index (χ0n) is 23.2. The summed E-state index contributed by atoms with van der Waals surface area (Å²) in [5.41, 5.74) is 0.555. The first kappa shape index (κ1) is 34.1. The molecule has 0 radical (unpaired) electrons. The predicted octanol–water partition coefficient (Wildman–Crippen LogP) is 6.32. The molecule has 2 aromatic carbocycles. The normalized spacial score (nSPS) is 12.2. The number of rotatable bonds is 21. The van der Waals surface area contributed by atoms with Crippen LogP contribution < -0.4 is 10.1 Å². The van der Waals surface area contributed by atoms with Crippen molar-refractivity contribution >= 4 is 37.6 Å². The van der Waals surface area contributed by atoms with Crippen LogP contribution in [0.2, 0.25) is 0 Å². The smallest absolute Gasteiger partial charge is 0.399 e. The highest BCUT2D eigenvalue weighted by Gasteiger charge is 2.54. The fraction of sp³-hybridized carbons (Fsp3) is 0.542. The zero-order chi connectivity index (χ0) is 29.6. The maximum absolute atomic E-state index is 13.8. The summed E-state index contributed by atoms with van der Waals surface area (Å²) in [5, 5.41) is 12.4. The van der Waals surface area contributed by atoms with Crippen molar-refractivity contribution in [2.45, 2.75) is 46.4 Å². The standard InChI is InChI=1S/C24H37NO13P2/c1-6-30-21-15-14-18-19(23(21)24(26)27)12-11-13-20(18)25-17-16-22(39(28,35-31-7-2)36-32-8-3)40(29,37-33-9-4)38-34-10-5/h11-15,22,25H,6-10,16-17H2,1-5H3,(H,26,27). The summed E-state index contributed by atoms with van der Waals surface area (Å²) in [6.45, 7) is 8.33. The number of carboxylic acid groups (broad SMARTS) is 1. The molecule has 0 aromatic heterocycles. The van der Waals surface area contributed by atoms with Crippen molar-refractivity contribution in [3.05, 3.63) is 35.9 Å². The molecule has 0 atom stereocenters. The fourth-order valence-corrected chi connectivity index (χ4v) is 7.74. The minimum atomic E-state index is -4.52. The van der Waals surface area contributed by atoms with Gasteiger partial charge in [0, 0.05) is 23.0 Å². The van der Waals surface area contributed by atoms with Gasteiger partial charge in [-0.2, -0.15) is 0 Å². The molecular formula is C24H37NO13P2. The van der Waals surface area contributed by atoms with Gasteiger partial charge in [-0.05, 0) is 59.2 Å². The number of aromatic carboxylic acids is 1. The van der Waals surface area contributed by atoms with Crippen LogP contribution in [-0.2, 0) is 47.4 Å². The molecule has 0 aliphatic carbocycles. The summed E-state index contributed by atoms with van der Waals surface area (Å²) in [4.78, 5) is 31.6. The molecule has 40 heavy (non-hydrogen) atoms. The summed E-state index contributed by atoms with van der Waals surface area (Å²) < 4.78 is 53.4. The van der Waals surface area contributed by atoms with Crippen molar-refractivity contribution in [3.8, 4) is 5.75 Å². The second kappa shape index (κ2) is 17.0. The maximum Gasteiger partial charge on any atom is 0.399 e. The molecule has 0 heterocycles. The quantitative estimate of drug-likeness (QED) is 0.0916. The lowest BCUT2D eigenvalue weighted by Crippen LogP contribution is -2.21. The van der Waals surface area contributed by atoms with E-state index in [2.05, 4.69) is 5.32 Å². The number of hydrogen-bond acceptors (Lipinski definition) is 13. The number of anilines is 1. The number of benzene rings is 2. The molecule has 16 heteroatoms. The van der Waals surface area contributed by atoms with E-state index in [1.807, 2.05) is 0 Å². The molecule has 0 bridgehead atoms. The number of hydrogen-bond donors (Lipinski definition) is 2. The molecule has 0 aliphatic rings. The Morgan fingerprint density at radius 3 is 1.75 bits per heavy atom. The van der Waals surface area contributed by atoms with Gasteiger partial charge in [0.05, 0.1) is 33.0 Å². The summed E-state index contributed by atoms with van der Waals surface area (Å²) in [5.74, 6) is -0.903. The van der Waals surface area contributed by atoms with E-state index in [-0.39, 0.29) is 50.7 Å². The Morgan fingerprint density at radius 1 is 0.775 bits per heavy atom. The first-order valence-electron chi connectivity index (χ1n) is 12.8. The van der Waals surface area contributed by atoms with Gasteiger partial charge in [-0.15, -0.1) is 18.7 Å². The molecule has 2 rings (SSSR count). The third-order valence-corrected chi connectivity index (χ3v) is 10.0.